The summed E-state index contributed by atoms with van der Waals surface area (Å²) in [5.74, 6) is -0.161. The van der Waals surface area contributed by atoms with Gasteiger partial charge in [0, 0.05) is 23.7 Å². The van der Waals surface area contributed by atoms with Gasteiger partial charge in [-0.1, -0.05) is 29.8 Å². The van der Waals surface area contributed by atoms with Crippen LogP contribution in [-0.4, -0.2) is 25.5 Å². The second-order valence-electron chi connectivity index (χ2n) is 6.03. The van der Waals surface area contributed by atoms with Gasteiger partial charge in [0.05, 0.1) is 18.7 Å². The molecule has 0 aliphatic carbocycles. The van der Waals surface area contributed by atoms with E-state index >= 15 is 0 Å². The zero-order valence-corrected chi connectivity index (χ0v) is 14.8. The maximum atomic E-state index is 12.6. The van der Waals surface area contributed by atoms with Gasteiger partial charge in [0.25, 0.3) is 0 Å². The molecule has 1 aliphatic heterocycles. The molecule has 2 aromatic rings. The lowest BCUT2D eigenvalue weighted by molar-refractivity contribution is -0.122. The van der Waals surface area contributed by atoms with Gasteiger partial charge in [0.1, 0.15) is 5.75 Å². The topological polar surface area (TPSA) is 58.6 Å². The van der Waals surface area contributed by atoms with Gasteiger partial charge in [-0.2, -0.15) is 0 Å². The molecule has 3 rings (SSSR count). The van der Waals surface area contributed by atoms with E-state index in [1.165, 1.54) is 7.11 Å². The molecule has 1 aliphatic rings. The Labute approximate surface area is 151 Å². The van der Waals surface area contributed by atoms with Gasteiger partial charge in [-0.3, -0.25) is 9.59 Å². The Balaban J connectivity index is 1.75. The van der Waals surface area contributed by atoms with E-state index in [1.807, 2.05) is 31.2 Å². The Morgan fingerprint density at radius 3 is 2.76 bits per heavy atom. The first-order chi connectivity index (χ1) is 12.0. The molecule has 0 radical (unpaired) electrons. The molecule has 1 N–H and O–H groups in total. The van der Waals surface area contributed by atoms with Gasteiger partial charge in [-0.15, -0.1) is 0 Å². The van der Waals surface area contributed by atoms with E-state index in [0.29, 0.717) is 23.0 Å². The third-order valence-electron chi connectivity index (χ3n) is 4.32. The summed E-state index contributed by atoms with van der Waals surface area (Å²) in [5.41, 5.74) is 2.36. The van der Waals surface area contributed by atoms with Gasteiger partial charge in [-0.05, 0) is 36.8 Å². The maximum Gasteiger partial charge on any atom is 0.229 e. The number of methoxy groups -OCH3 is 1. The first kappa shape index (κ1) is 17.3. The van der Waals surface area contributed by atoms with Crippen molar-refractivity contribution in [3.63, 3.8) is 0 Å². The molecule has 130 valence electrons. The molecule has 5 nitrogen and oxygen atoms in total. The summed E-state index contributed by atoms with van der Waals surface area (Å²) < 4.78 is 5.24. The standard InChI is InChI=1S/C19H19ClN2O3/c1-12-5-3-4-6-16(12)22-11-13(9-18(22)23)19(24)21-15-10-14(20)7-8-17(15)25-2/h3-8,10,13H,9,11H2,1-2H3,(H,21,24)/t13-/m1/s1. The molecule has 0 bridgehead atoms. The molecule has 1 fully saturated rings. The van der Waals surface area contributed by atoms with Crippen LogP contribution >= 0.6 is 11.6 Å². The van der Waals surface area contributed by atoms with E-state index in [9.17, 15) is 9.59 Å². The van der Waals surface area contributed by atoms with Crippen LogP contribution in [0.25, 0.3) is 0 Å². The van der Waals surface area contributed by atoms with Crippen LogP contribution in [-0.2, 0) is 9.59 Å². The highest BCUT2D eigenvalue weighted by Crippen LogP contribution is 2.31. The Hall–Kier alpha value is -2.53. The number of anilines is 2. The summed E-state index contributed by atoms with van der Waals surface area (Å²) in [7, 11) is 1.53. The highest BCUT2D eigenvalue weighted by atomic mass is 35.5. The largest absolute Gasteiger partial charge is 0.495 e. The summed E-state index contributed by atoms with van der Waals surface area (Å²) in [6.45, 7) is 2.31. The van der Waals surface area contributed by atoms with E-state index in [2.05, 4.69) is 5.32 Å². The lowest BCUT2D eigenvalue weighted by atomic mass is 10.1. The lowest BCUT2D eigenvalue weighted by Gasteiger charge is -2.19. The summed E-state index contributed by atoms with van der Waals surface area (Å²) in [6, 6.07) is 12.7. The number of nitrogens with one attached hydrogen (secondary N) is 1. The molecule has 2 amide bonds. The fraction of sp³-hybridized carbons (Fsp3) is 0.263. The Kier molecular flexibility index (Phi) is 4.95. The molecule has 2 aromatic carbocycles. The number of hydrogen-bond donors (Lipinski definition) is 1. The van der Waals surface area contributed by atoms with E-state index in [0.717, 1.165) is 11.3 Å². The van der Waals surface area contributed by atoms with Crippen molar-refractivity contribution in [3.05, 3.63) is 53.1 Å². The lowest BCUT2D eigenvalue weighted by Crippen LogP contribution is -2.28. The molecule has 1 heterocycles. The van der Waals surface area contributed by atoms with Crippen LogP contribution in [0.2, 0.25) is 5.02 Å². The number of ether oxygens (including phenoxy) is 1. The van der Waals surface area contributed by atoms with Crippen molar-refractivity contribution in [2.75, 3.05) is 23.9 Å². The van der Waals surface area contributed by atoms with Crippen molar-refractivity contribution in [2.45, 2.75) is 13.3 Å². The van der Waals surface area contributed by atoms with Crippen LogP contribution in [0.4, 0.5) is 11.4 Å². The van der Waals surface area contributed by atoms with Crippen molar-refractivity contribution in [2.24, 2.45) is 5.92 Å². The summed E-state index contributed by atoms with van der Waals surface area (Å²) in [6.07, 6.45) is 0.184. The fourth-order valence-electron chi connectivity index (χ4n) is 2.99. The number of halogens is 1. The second kappa shape index (κ2) is 7.15. The SMILES string of the molecule is COc1ccc(Cl)cc1NC(=O)[C@@H]1CC(=O)N(c2ccccc2C)C1. The van der Waals surface area contributed by atoms with Crippen LogP contribution in [0.3, 0.4) is 0 Å². The van der Waals surface area contributed by atoms with Gasteiger partial charge in [0.15, 0.2) is 0 Å². The predicted molar refractivity (Wildman–Crippen MR) is 98.3 cm³/mol. The van der Waals surface area contributed by atoms with Crippen LogP contribution < -0.4 is 15.0 Å². The third kappa shape index (κ3) is 3.61. The third-order valence-corrected chi connectivity index (χ3v) is 4.56. The Bertz CT molecular complexity index is 822. The average molecular weight is 359 g/mol. The number of benzene rings is 2. The zero-order valence-electron chi connectivity index (χ0n) is 14.1. The molecule has 0 spiro atoms. The smallest absolute Gasteiger partial charge is 0.229 e. The summed E-state index contributed by atoms with van der Waals surface area (Å²) in [5, 5.41) is 3.32. The molecular formula is C19H19ClN2O3. The molecule has 1 saturated heterocycles. The molecule has 6 heteroatoms. The number of nitrogens with zero attached hydrogens (tertiary/aromatic N) is 1. The summed E-state index contributed by atoms with van der Waals surface area (Å²) in [4.78, 5) is 26.7. The van der Waals surface area contributed by atoms with E-state index < -0.39 is 5.92 Å². The second-order valence-corrected chi connectivity index (χ2v) is 6.46. The first-order valence-corrected chi connectivity index (χ1v) is 8.38. The van der Waals surface area contributed by atoms with Crippen molar-refractivity contribution in [1.29, 1.82) is 0 Å². The minimum absolute atomic E-state index is 0.0486. The average Bonchev–Trinajstić information content (AvgIpc) is 2.97. The van der Waals surface area contributed by atoms with Crippen molar-refractivity contribution < 1.29 is 14.3 Å². The molecule has 0 aromatic heterocycles. The fourth-order valence-corrected chi connectivity index (χ4v) is 3.17. The molecule has 0 saturated carbocycles. The van der Waals surface area contributed by atoms with Crippen molar-refractivity contribution >= 4 is 34.8 Å². The minimum atomic E-state index is -0.421. The highest BCUT2D eigenvalue weighted by Gasteiger charge is 2.35. The number of aryl methyl sites for hydroxylation is 1. The number of hydrogen-bond acceptors (Lipinski definition) is 3. The monoisotopic (exact) mass is 358 g/mol. The van der Waals surface area contributed by atoms with Gasteiger partial charge >= 0.3 is 0 Å². The number of rotatable bonds is 4. The normalized spacial score (nSPS) is 16.8. The van der Waals surface area contributed by atoms with Crippen molar-refractivity contribution in [1.82, 2.24) is 0 Å². The predicted octanol–water partition coefficient (Wildman–Crippen LogP) is 3.65. The first-order valence-electron chi connectivity index (χ1n) is 8.00. The zero-order chi connectivity index (χ0) is 18.0. The van der Waals surface area contributed by atoms with E-state index in [4.69, 9.17) is 16.3 Å². The van der Waals surface area contributed by atoms with E-state index in [-0.39, 0.29) is 18.2 Å². The quantitative estimate of drug-likeness (QED) is 0.907. The van der Waals surface area contributed by atoms with Crippen LogP contribution in [0, 0.1) is 12.8 Å². The van der Waals surface area contributed by atoms with Gasteiger partial charge < -0.3 is 15.0 Å². The molecule has 0 unspecified atom stereocenters. The van der Waals surface area contributed by atoms with Crippen LogP contribution in [0.1, 0.15) is 12.0 Å². The van der Waals surface area contributed by atoms with E-state index in [1.54, 1.807) is 23.1 Å². The van der Waals surface area contributed by atoms with Gasteiger partial charge in [0.2, 0.25) is 11.8 Å². The van der Waals surface area contributed by atoms with Crippen LogP contribution in [0.5, 0.6) is 5.75 Å². The maximum absolute atomic E-state index is 12.6. The van der Waals surface area contributed by atoms with Gasteiger partial charge in [-0.25, -0.2) is 0 Å². The van der Waals surface area contributed by atoms with Crippen LogP contribution in [0.15, 0.2) is 42.5 Å². The number of carbonyl (C=O) groups is 2. The summed E-state index contributed by atoms with van der Waals surface area (Å²) >= 11 is 5.99. The minimum Gasteiger partial charge on any atom is -0.495 e. The Morgan fingerprint density at radius 1 is 1.28 bits per heavy atom. The molecular weight excluding hydrogens is 340 g/mol. The highest BCUT2D eigenvalue weighted by molar-refractivity contribution is 6.31. The van der Waals surface area contributed by atoms with Crippen molar-refractivity contribution in [3.8, 4) is 5.75 Å². The molecule has 25 heavy (non-hydrogen) atoms. The molecule has 1 atom stereocenters. The Morgan fingerprint density at radius 2 is 2.04 bits per heavy atom. The number of carbonyl (C=O) groups excluding carboxylic acids is 2. The number of amides is 2. The number of para-hydroxylation sites is 1.